The van der Waals surface area contributed by atoms with Crippen LogP contribution in [0.5, 0.6) is 0 Å². The van der Waals surface area contributed by atoms with Crippen LogP contribution in [0.1, 0.15) is 36.8 Å². The molecule has 4 rings (SSSR count). The molecule has 0 aliphatic rings. The third-order valence-corrected chi connectivity index (χ3v) is 5.35. The standard InChI is InChI=1S/C23H25N5/c1-5-28-18(4)21(16(2)26-28)17(3)27-15-25-22(19-10-7-6-8-11-19)23(27)20-12-9-13-24-14-20/h6-15,17H,5H2,1-4H3/t17-/m0/s1. The average molecular weight is 371 g/mol. The summed E-state index contributed by atoms with van der Waals surface area (Å²) < 4.78 is 4.32. The van der Waals surface area contributed by atoms with Gasteiger partial charge in [-0.2, -0.15) is 5.10 Å². The number of imidazole rings is 1. The van der Waals surface area contributed by atoms with E-state index < -0.39 is 0 Å². The molecule has 3 aromatic heterocycles. The van der Waals surface area contributed by atoms with E-state index in [1.54, 1.807) is 6.20 Å². The third kappa shape index (κ3) is 3.03. The van der Waals surface area contributed by atoms with E-state index in [1.165, 1.54) is 11.3 Å². The molecule has 1 atom stereocenters. The van der Waals surface area contributed by atoms with Crippen molar-refractivity contribution < 1.29 is 0 Å². The van der Waals surface area contributed by atoms with Crippen LogP contribution in [0.2, 0.25) is 0 Å². The summed E-state index contributed by atoms with van der Waals surface area (Å²) in [6.07, 6.45) is 5.65. The van der Waals surface area contributed by atoms with Crippen LogP contribution in [-0.4, -0.2) is 24.3 Å². The van der Waals surface area contributed by atoms with E-state index >= 15 is 0 Å². The van der Waals surface area contributed by atoms with Crippen LogP contribution in [0.15, 0.2) is 61.2 Å². The van der Waals surface area contributed by atoms with Crippen molar-refractivity contribution in [2.24, 2.45) is 0 Å². The molecule has 0 aliphatic carbocycles. The van der Waals surface area contributed by atoms with Crippen molar-refractivity contribution in [3.63, 3.8) is 0 Å². The van der Waals surface area contributed by atoms with Gasteiger partial charge in [-0.15, -0.1) is 0 Å². The van der Waals surface area contributed by atoms with Crippen LogP contribution < -0.4 is 0 Å². The van der Waals surface area contributed by atoms with Gasteiger partial charge < -0.3 is 4.57 Å². The highest BCUT2D eigenvalue weighted by Gasteiger charge is 2.23. The Morgan fingerprint density at radius 1 is 1.00 bits per heavy atom. The molecule has 0 unspecified atom stereocenters. The maximum Gasteiger partial charge on any atom is 0.0964 e. The molecule has 28 heavy (non-hydrogen) atoms. The lowest BCUT2D eigenvalue weighted by atomic mass is 10.0. The zero-order chi connectivity index (χ0) is 19.7. The summed E-state index contributed by atoms with van der Waals surface area (Å²) in [6.45, 7) is 9.44. The van der Waals surface area contributed by atoms with Gasteiger partial charge >= 0.3 is 0 Å². The van der Waals surface area contributed by atoms with Gasteiger partial charge in [0.1, 0.15) is 0 Å². The van der Waals surface area contributed by atoms with Crippen LogP contribution in [0.25, 0.3) is 22.5 Å². The Morgan fingerprint density at radius 2 is 1.75 bits per heavy atom. The monoisotopic (exact) mass is 371 g/mol. The Kier molecular flexibility index (Phi) is 4.82. The fourth-order valence-electron chi connectivity index (χ4n) is 4.01. The van der Waals surface area contributed by atoms with Gasteiger partial charge in [0.2, 0.25) is 0 Å². The third-order valence-electron chi connectivity index (χ3n) is 5.35. The molecule has 0 aliphatic heterocycles. The van der Waals surface area contributed by atoms with E-state index in [1.807, 2.05) is 36.8 Å². The Labute approximate surface area is 165 Å². The molecule has 0 amide bonds. The van der Waals surface area contributed by atoms with E-state index in [9.17, 15) is 0 Å². The predicted molar refractivity (Wildman–Crippen MR) is 112 cm³/mol. The molecule has 1 aromatic carbocycles. The molecule has 0 radical (unpaired) electrons. The van der Waals surface area contributed by atoms with Crippen LogP contribution in [-0.2, 0) is 6.54 Å². The van der Waals surface area contributed by atoms with Gasteiger partial charge in [0, 0.05) is 41.3 Å². The number of hydrogen-bond acceptors (Lipinski definition) is 3. The molecule has 4 aromatic rings. The summed E-state index contributed by atoms with van der Waals surface area (Å²) in [4.78, 5) is 9.15. The van der Waals surface area contributed by atoms with E-state index in [-0.39, 0.29) is 6.04 Å². The van der Waals surface area contributed by atoms with Gasteiger partial charge in [0.25, 0.3) is 0 Å². The molecule has 5 heteroatoms. The van der Waals surface area contributed by atoms with Crippen LogP contribution >= 0.6 is 0 Å². The average Bonchev–Trinajstić information content (AvgIpc) is 3.30. The summed E-state index contributed by atoms with van der Waals surface area (Å²) in [7, 11) is 0. The Bertz CT molecular complexity index is 1080. The molecule has 0 saturated carbocycles. The fraction of sp³-hybridized carbons (Fsp3) is 0.261. The molecule has 3 heterocycles. The van der Waals surface area contributed by atoms with Crippen LogP contribution in [0.3, 0.4) is 0 Å². The number of benzene rings is 1. The van der Waals surface area contributed by atoms with E-state index in [0.29, 0.717) is 0 Å². The van der Waals surface area contributed by atoms with Crippen molar-refractivity contribution in [2.45, 2.75) is 40.3 Å². The predicted octanol–water partition coefficient (Wildman–Crippen LogP) is 5.05. The number of aromatic nitrogens is 5. The number of nitrogens with zero attached hydrogens (tertiary/aromatic N) is 5. The maximum atomic E-state index is 4.80. The molecule has 0 bridgehead atoms. The van der Waals surface area contributed by atoms with Crippen molar-refractivity contribution in [3.05, 3.63) is 78.1 Å². The number of hydrogen-bond donors (Lipinski definition) is 0. The number of rotatable bonds is 5. The highest BCUT2D eigenvalue weighted by atomic mass is 15.3. The van der Waals surface area contributed by atoms with Gasteiger partial charge in [-0.1, -0.05) is 30.3 Å². The minimum Gasteiger partial charge on any atom is -0.323 e. The second kappa shape index (κ2) is 7.43. The molecule has 0 fully saturated rings. The van der Waals surface area contributed by atoms with Crippen LogP contribution in [0.4, 0.5) is 0 Å². The van der Waals surface area contributed by atoms with Crippen molar-refractivity contribution in [2.75, 3.05) is 0 Å². The second-order valence-corrected chi connectivity index (χ2v) is 7.03. The van der Waals surface area contributed by atoms with E-state index in [4.69, 9.17) is 10.1 Å². The number of pyridine rings is 1. The molecular weight excluding hydrogens is 346 g/mol. The molecule has 0 spiro atoms. The molecule has 5 nitrogen and oxygen atoms in total. The Morgan fingerprint density at radius 3 is 2.39 bits per heavy atom. The van der Waals surface area contributed by atoms with Gasteiger partial charge in [-0.25, -0.2) is 4.98 Å². The first kappa shape index (κ1) is 18.2. The summed E-state index contributed by atoms with van der Waals surface area (Å²) >= 11 is 0. The first-order chi connectivity index (χ1) is 13.6. The molecule has 142 valence electrons. The van der Waals surface area contributed by atoms with Crippen molar-refractivity contribution in [1.82, 2.24) is 24.3 Å². The smallest absolute Gasteiger partial charge is 0.0964 e. The maximum absolute atomic E-state index is 4.80. The molecule has 0 N–H and O–H groups in total. The lowest BCUT2D eigenvalue weighted by Gasteiger charge is -2.18. The van der Waals surface area contributed by atoms with Crippen molar-refractivity contribution in [3.8, 4) is 22.5 Å². The summed E-state index contributed by atoms with van der Waals surface area (Å²) in [6, 6.07) is 14.5. The first-order valence-corrected chi connectivity index (χ1v) is 9.68. The quantitative estimate of drug-likeness (QED) is 0.493. The summed E-state index contributed by atoms with van der Waals surface area (Å²) in [5.41, 5.74) is 7.74. The topological polar surface area (TPSA) is 48.5 Å². The van der Waals surface area contributed by atoms with Gasteiger partial charge in [-0.05, 0) is 39.8 Å². The lowest BCUT2D eigenvalue weighted by molar-refractivity contribution is 0.618. The molecular formula is C23H25N5. The Balaban J connectivity index is 1.91. The highest BCUT2D eigenvalue weighted by Crippen LogP contribution is 2.35. The SMILES string of the molecule is CCn1nc(C)c([C@H](C)n2cnc(-c3ccccc3)c2-c2cccnc2)c1C. The summed E-state index contributed by atoms with van der Waals surface area (Å²) in [5, 5.41) is 4.71. The fourth-order valence-corrected chi connectivity index (χ4v) is 4.01. The first-order valence-electron chi connectivity index (χ1n) is 9.68. The van der Waals surface area contributed by atoms with E-state index in [0.717, 1.165) is 34.8 Å². The Hall–Kier alpha value is -3.21. The minimum atomic E-state index is 0.112. The minimum absolute atomic E-state index is 0.112. The van der Waals surface area contributed by atoms with Gasteiger partial charge in [0.15, 0.2) is 0 Å². The largest absolute Gasteiger partial charge is 0.323 e. The van der Waals surface area contributed by atoms with Crippen molar-refractivity contribution >= 4 is 0 Å². The van der Waals surface area contributed by atoms with Crippen LogP contribution in [0, 0.1) is 13.8 Å². The zero-order valence-corrected chi connectivity index (χ0v) is 16.8. The number of aryl methyl sites for hydroxylation is 2. The highest BCUT2D eigenvalue weighted by molar-refractivity contribution is 5.78. The zero-order valence-electron chi connectivity index (χ0n) is 16.8. The lowest BCUT2D eigenvalue weighted by Crippen LogP contribution is -2.10. The van der Waals surface area contributed by atoms with E-state index in [2.05, 4.69) is 60.1 Å². The summed E-state index contributed by atoms with van der Waals surface area (Å²) in [5.74, 6) is 0. The second-order valence-electron chi connectivity index (χ2n) is 7.03. The van der Waals surface area contributed by atoms with Gasteiger partial charge in [-0.3, -0.25) is 9.67 Å². The van der Waals surface area contributed by atoms with Gasteiger partial charge in [0.05, 0.1) is 29.5 Å². The molecule has 0 saturated heterocycles. The normalized spacial score (nSPS) is 12.3. The van der Waals surface area contributed by atoms with Crippen molar-refractivity contribution in [1.29, 1.82) is 0 Å².